The van der Waals surface area contributed by atoms with Gasteiger partial charge in [0.15, 0.2) is 0 Å². The van der Waals surface area contributed by atoms with Crippen LogP contribution < -0.4 is 0 Å². The van der Waals surface area contributed by atoms with Crippen molar-refractivity contribution in [2.45, 2.75) is 19.8 Å². The van der Waals surface area contributed by atoms with Crippen molar-refractivity contribution in [3.05, 3.63) is 12.7 Å². The Hall–Kier alpha value is -0.300. The van der Waals surface area contributed by atoms with Gasteiger partial charge in [-0.3, -0.25) is 4.90 Å². The standard InChI is InChI=1S/C9H17N/c1-3-6-10-7-5-9(4-2)8-10/h3,9H,1,4-8H2,2H3/t9-/m0/s1. The number of rotatable bonds is 3. The van der Waals surface area contributed by atoms with Crippen LogP contribution in [0.1, 0.15) is 19.8 Å². The second kappa shape index (κ2) is 3.77. The fraction of sp³-hybridized carbons (Fsp3) is 0.778. The largest absolute Gasteiger partial charge is 0.299 e. The van der Waals surface area contributed by atoms with Crippen molar-refractivity contribution in [2.24, 2.45) is 5.92 Å². The second-order valence-electron chi connectivity index (χ2n) is 3.11. The number of likely N-dealkylation sites (tertiary alicyclic amines) is 1. The first-order valence-electron chi connectivity index (χ1n) is 4.20. The van der Waals surface area contributed by atoms with E-state index in [4.69, 9.17) is 0 Å². The van der Waals surface area contributed by atoms with E-state index in [1.807, 2.05) is 6.08 Å². The minimum absolute atomic E-state index is 0.958. The van der Waals surface area contributed by atoms with Crippen LogP contribution in [0.2, 0.25) is 0 Å². The topological polar surface area (TPSA) is 3.24 Å². The SMILES string of the molecule is C=CCN1CC[C@H](CC)C1. The summed E-state index contributed by atoms with van der Waals surface area (Å²) in [5.41, 5.74) is 0. The molecule has 10 heavy (non-hydrogen) atoms. The molecule has 0 spiro atoms. The van der Waals surface area contributed by atoms with Gasteiger partial charge in [0.2, 0.25) is 0 Å². The van der Waals surface area contributed by atoms with Crippen LogP contribution in [-0.2, 0) is 0 Å². The highest BCUT2D eigenvalue weighted by Crippen LogP contribution is 2.18. The Morgan fingerprint density at radius 2 is 2.50 bits per heavy atom. The molecule has 1 atom stereocenters. The summed E-state index contributed by atoms with van der Waals surface area (Å²) in [6.45, 7) is 9.67. The van der Waals surface area contributed by atoms with E-state index in [2.05, 4.69) is 18.4 Å². The van der Waals surface area contributed by atoms with Crippen LogP contribution in [-0.4, -0.2) is 24.5 Å². The second-order valence-corrected chi connectivity index (χ2v) is 3.11. The Kier molecular flexibility index (Phi) is 2.94. The molecule has 0 bridgehead atoms. The van der Waals surface area contributed by atoms with Gasteiger partial charge in [0.1, 0.15) is 0 Å². The molecule has 58 valence electrons. The third-order valence-electron chi connectivity index (χ3n) is 2.33. The summed E-state index contributed by atoms with van der Waals surface area (Å²) in [4.78, 5) is 2.47. The number of nitrogens with zero attached hydrogens (tertiary/aromatic N) is 1. The van der Waals surface area contributed by atoms with Crippen LogP contribution in [0.25, 0.3) is 0 Å². The van der Waals surface area contributed by atoms with Crippen molar-refractivity contribution < 1.29 is 0 Å². The summed E-state index contributed by atoms with van der Waals surface area (Å²) >= 11 is 0. The molecule has 1 saturated heterocycles. The van der Waals surface area contributed by atoms with Gasteiger partial charge in [-0.15, -0.1) is 6.58 Å². The molecule has 0 aromatic carbocycles. The lowest BCUT2D eigenvalue weighted by Crippen LogP contribution is -2.20. The van der Waals surface area contributed by atoms with Gasteiger partial charge in [0.25, 0.3) is 0 Å². The lowest BCUT2D eigenvalue weighted by molar-refractivity contribution is 0.357. The molecule has 1 fully saturated rings. The minimum Gasteiger partial charge on any atom is -0.299 e. The molecule has 1 aliphatic rings. The molecular weight excluding hydrogens is 122 g/mol. The van der Waals surface area contributed by atoms with Crippen LogP contribution in [0, 0.1) is 5.92 Å². The van der Waals surface area contributed by atoms with Crippen molar-refractivity contribution in [1.29, 1.82) is 0 Å². The Morgan fingerprint density at radius 3 is 3.00 bits per heavy atom. The van der Waals surface area contributed by atoms with Gasteiger partial charge in [0, 0.05) is 13.1 Å². The molecule has 1 aliphatic heterocycles. The summed E-state index contributed by atoms with van der Waals surface area (Å²) in [5, 5.41) is 0. The van der Waals surface area contributed by atoms with Crippen LogP contribution in [0.5, 0.6) is 0 Å². The molecule has 1 heteroatoms. The molecule has 0 aliphatic carbocycles. The van der Waals surface area contributed by atoms with E-state index >= 15 is 0 Å². The first-order valence-corrected chi connectivity index (χ1v) is 4.20. The van der Waals surface area contributed by atoms with Crippen molar-refractivity contribution >= 4 is 0 Å². The molecule has 1 heterocycles. The average Bonchev–Trinajstić information content (AvgIpc) is 2.37. The van der Waals surface area contributed by atoms with Gasteiger partial charge >= 0.3 is 0 Å². The number of hydrogen-bond donors (Lipinski definition) is 0. The van der Waals surface area contributed by atoms with E-state index in [1.54, 1.807) is 0 Å². The molecule has 0 aromatic heterocycles. The van der Waals surface area contributed by atoms with Gasteiger partial charge in [-0.05, 0) is 18.9 Å². The first kappa shape index (κ1) is 7.80. The maximum atomic E-state index is 3.73. The molecule has 0 amide bonds. The van der Waals surface area contributed by atoms with Gasteiger partial charge in [-0.1, -0.05) is 19.4 Å². The lowest BCUT2D eigenvalue weighted by atomic mass is 10.1. The third kappa shape index (κ3) is 1.84. The highest BCUT2D eigenvalue weighted by atomic mass is 15.1. The van der Waals surface area contributed by atoms with E-state index in [0.29, 0.717) is 0 Å². The normalized spacial score (nSPS) is 27.1. The van der Waals surface area contributed by atoms with Gasteiger partial charge in [-0.25, -0.2) is 0 Å². The lowest BCUT2D eigenvalue weighted by Gasteiger charge is -2.11. The van der Waals surface area contributed by atoms with E-state index in [-0.39, 0.29) is 0 Å². The Morgan fingerprint density at radius 1 is 1.70 bits per heavy atom. The Labute approximate surface area is 63.7 Å². The zero-order valence-electron chi connectivity index (χ0n) is 6.84. The molecule has 1 rings (SSSR count). The van der Waals surface area contributed by atoms with Crippen molar-refractivity contribution in [2.75, 3.05) is 19.6 Å². The fourth-order valence-corrected chi connectivity index (χ4v) is 1.59. The predicted molar refractivity (Wildman–Crippen MR) is 45.0 cm³/mol. The van der Waals surface area contributed by atoms with E-state index in [1.165, 1.54) is 25.9 Å². The van der Waals surface area contributed by atoms with E-state index in [0.717, 1.165) is 12.5 Å². The highest BCUT2D eigenvalue weighted by Gasteiger charge is 2.18. The maximum absolute atomic E-state index is 3.73. The molecule has 0 aromatic rings. The third-order valence-corrected chi connectivity index (χ3v) is 2.33. The van der Waals surface area contributed by atoms with Crippen molar-refractivity contribution in [3.8, 4) is 0 Å². The Bertz CT molecular complexity index is 109. The number of hydrogen-bond acceptors (Lipinski definition) is 1. The summed E-state index contributed by atoms with van der Waals surface area (Å²) < 4.78 is 0. The zero-order chi connectivity index (χ0) is 7.40. The molecule has 0 unspecified atom stereocenters. The molecule has 1 nitrogen and oxygen atoms in total. The first-order chi connectivity index (χ1) is 4.86. The summed E-state index contributed by atoms with van der Waals surface area (Å²) in [5.74, 6) is 0.958. The van der Waals surface area contributed by atoms with Crippen molar-refractivity contribution in [1.82, 2.24) is 4.90 Å². The average molecular weight is 139 g/mol. The van der Waals surface area contributed by atoms with Crippen LogP contribution >= 0.6 is 0 Å². The van der Waals surface area contributed by atoms with Crippen LogP contribution in [0.3, 0.4) is 0 Å². The van der Waals surface area contributed by atoms with Crippen molar-refractivity contribution in [3.63, 3.8) is 0 Å². The smallest absolute Gasteiger partial charge is 0.0160 e. The summed E-state index contributed by atoms with van der Waals surface area (Å²) in [7, 11) is 0. The van der Waals surface area contributed by atoms with Crippen LogP contribution in [0.4, 0.5) is 0 Å². The fourth-order valence-electron chi connectivity index (χ4n) is 1.59. The molecule has 0 N–H and O–H groups in total. The van der Waals surface area contributed by atoms with Gasteiger partial charge < -0.3 is 0 Å². The van der Waals surface area contributed by atoms with E-state index in [9.17, 15) is 0 Å². The summed E-state index contributed by atoms with van der Waals surface area (Å²) in [6, 6.07) is 0. The minimum atomic E-state index is 0.958. The quantitative estimate of drug-likeness (QED) is 0.540. The maximum Gasteiger partial charge on any atom is 0.0160 e. The zero-order valence-corrected chi connectivity index (χ0v) is 6.84. The molecule has 0 radical (unpaired) electrons. The monoisotopic (exact) mass is 139 g/mol. The highest BCUT2D eigenvalue weighted by molar-refractivity contribution is 4.80. The summed E-state index contributed by atoms with van der Waals surface area (Å²) in [6.07, 6.45) is 4.73. The predicted octanol–water partition coefficient (Wildman–Crippen LogP) is 1.90. The van der Waals surface area contributed by atoms with Crippen LogP contribution in [0.15, 0.2) is 12.7 Å². The van der Waals surface area contributed by atoms with Gasteiger partial charge in [-0.2, -0.15) is 0 Å². The molecular formula is C9H17N. The van der Waals surface area contributed by atoms with E-state index < -0.39 is 0 Å². The molecule has 0 saturated carbocycles. The Balaban J connectivity index is 2.21. The van der Waals surface area contributed by atoms with Gasteiger partial charge in [0.05, 0.1) is 0 Å².